The van der Waals surface area contributed by atoms with Crippen molar-refractivity contribution in [2.45, 2.75) is 33.2 Å². The number of amides is 1. The number of aromatic amines is 1. The zero-order chi connectivity index (χ0) is 22.7. The average Bonchev–Trinajstić information content (AvgIpc) is 3.61. The van der Waals surface area contributed by atoms with Crippen molar-refractivity contribution in [2.24, 2.45) is 11.8 Å². The maximum Gasteiger partial charge on any atom is 0.251 e. The SMILES string of the molecule is CC(C)C(=O)NCc1ccc(Cl)c(-c2nc(-c3ccnc(OCC4CC4)c3)cc(=O)[nH]2)c1. The van der Waals surface area contributed by atoms with Crippen molar-refractivity contribution in [1.29, 1.82) is 0 Å². The van der Waals surface area contributed by atoms with Gasteiger partial charge in [-0.1, -0.05) is 31.5 Å². The predicted octanol–water partition coefficient (Wildman–Crippen LogP) is 4.21. The van der Waals surface area contributed by atoms with Crippen LogP contribution in [-0.4, -0.2) is 27.5 Å². The number of H-pyrrole nitrogens is 1. The van der Waals surface area contributed by atoms with E-state index >= 15 is 0 Å². The van der Waals surface area contributed by atoms with Crippen molar-refractivity contribution in [1.82, 2.24) is 20.3 Å². The second-order valence-electron chi connectivity index (χ2n) is 8.30. The molecule has 2 aromatic heterocycles. The van der Waals surface area contributed by atoms with E-state index in [1.165, 1.54) is 18.9 Å². The van der Waals surface area contributed by atoms with Gasteiger partial charge in [0.1, 0.15) is 5.82 Å². The van der Waals surface area contributed by atoms with Crippen molar-refractivity contribution >= 4 is 17.5 Å². The van der Waals surface area contributed by atoms with Crippen LogP contribution >= 0.6 is 11.6 Å². The summed E-state index contributed by atoms with van der Waals surface area (Å²) in [7, 11) is 0. The summed E-state index contributed by atoms with van der Waals surface area (Å²) in [6, 6.07) is 10.4. The molecule has 7 nitrogen and oxygen atoms in total. The van der Waals surface area contributed by atoms with Crippen LogP contribution in [0.4, 0.5) is 0 Å². The van der Waals surface area contributed by atoms with E-state index in [9.17, 15) is 9.59 Å². The van der Waals surface area contributed by atoms with Gasteiger partial charge in [-0.25, -0.2) is 9.97 Å². The van der Waals surface area contributed by atoms with Crippen LogP contribution in [0.2, 0.25) is 5.02 Å². The minimum atomic E-state index is -0.295. The van der Waals surface area contributed by atoms with Gasteiger partial charge < -0.3 is 15.0 Å². The van der Waals surface area contributed by atoms with E-state index in [1.54, 1.807) is 24.4 Å². The lowest BCUT2D eigenvalue weighted by molar-refractivity contribution is -0.124. The Morgan fingerprint density at radius 3 is 2.81 bits per heavy atom. The fraction of sp³-hybridized carbons (Fsp3) is 0.333. The molecule has 0 bridgehead atoms. The third-order valence-corrected chi connectivity index (χ3v) is 5.54. The highest BCUT2D eigenvalue weighted by Crippen LogP contribution is 2.30. The van der Waals surface area contributed by atoms with Crippen LogP contribution in [-0.2, 0) is 11.3 Å². The average molecular weight is 453 g/mol. The fourth-order valence-electron chi connectivity index (χ4n) is 3.13. The van der Waals surface area contributed by atoms with E-state index in [1.807, 2.05) is 26.0 Å². The quantitative estimate of drug-likeness (QED) is 0.533. The van der Waals surface area contributed by atoms with Crippen molar-refractivity contribution < 1.29 is 9.53 Å². The number of carbonyl (C=O) groups excluding carboxylic acids is 1. The molecule has 0 atom stereocenters. The number of nitrogens with zero attached hydrogens (tertiary/aromatic N) is 2. The summed E-state index contributed by atoms with van der Waals surface area (Å²) in [5.74, 6) is 1.35. The van der Waals surface area contributed by atoms with Gasteiger partial charge in [0, 0.05) is 41.9 Å². The lowest BCUT2D eigenvalue weighted by Gasteiger charge is -2.11. The summed E-state index contributed by atoms with van der Waals surface area (Å²) >= 11 is 6.42. The Balaban J connectivity index is 1.61. The normalized spacial score (nSPS) is 13.2. The van der Waals surface area contributed by atoms with Crippen LogP contribution in [0.3, 0.4) is 0 Å². The van der Waals surface area contributed by atoms with Crippen LogP contribution < -0.4 is 15.6 Å². The zero-order valence-corrected chi connectivity index (χ0v) is 18.8. The van der Waals surface area contributed by atoms with Gasteiger partial charge in [-0.2, -0.15) is 0 Å². The first kappa shape index (κ1) is 22.0. The first-order valence-corrected chi connectivity index (χ1v) is 11.0. The molecule has 4 rings (SSSR count). The molecule has 2 heterocycles. The van der Waals surface area contributed by atoms with E-state index in [2.05, 4.69) is 20.3 Å². The first-order chi connectivity index (χ1) is 15.4. The molecule has 1 aliphatic carbocycles. The predicted molar refractivity (Wildman–Crippen MR) is 123 cm³/mol. The number of nitrogens with one attached hydrogen (secondary N) is 2. The van der Waals surface area contributed by atoms with Crippen molar-refractivity contribution in [3.05, 3.63) is 63.5 Å². The maximum absolute atomic E-state index is 12.4. The Bertz CT molecular complexity index is 1190. The minimum Gasteiger partial charge on any atom is -0.477 e. The third-order valence-electron chi connectivity index (χ3n) is 5.21. The van der Waals surface area contributed by atoms with E-state index in [-0.39, 0.29) is 17.4 Å². The molecule has 3 aromatic rings. The second kappa shape index (κ2) is 9.53. The molecule has 166 valence electrons. The largest absolute Gasteiger partial charge is 0.477 e. The molecule has 0 saturated heterocycles. The minimum absolute atomic E-state index is 0.0348. The lowest BCUT2D eigenvalue weighted by atomic mass is 10.1. The number of hydrogen-bond donors (Lipinski definition) is 2. The van der Waals surface area contributed by atoms with Gasteiger partial charge in [0.25, 0.3) is 5.56 Å². The number of aromatic nitrogens is 3. The first-order valence-electron chi connectivity index (χ1n) is 10.7. The summed E-state index contributed by atoms with van der Waals surface area (Å²) < 4.78 is 5.75. The Hall–Kier alpha value is -3.19. The Morgan fingerprint density at radius 2 is 2.06 bits per heavy atom. The van der Waals surface area contributed by atoms with Crippen LogP contribution in [0.5, 0.6) is 5.88 Å². The summed E-state index contributed by atoms with van der Waals surface area (Å²) in [6.45, 7) is 4.69. The van der Waals surface area contributed by atoms with Crippen LogP contribution in [0.1, 0.15) is 32.3 Å². The van der Waals surface area contributed by atoms with Crippen LogP contribution in [0.15, 0.2) is 47.4 Å². The van der Waals surface area contributed by atoms with E-state index in [4.69, 9.17) is 16.3 Å². The van der Waals surface area contributed by atoms with Crippen molar-refractivity contribution in [3.63, 3.8) is 0 Å². The Kier molecular flexibility index (Phi) is 6.55. The van der Waals surface area contributed by atoms with Gasteiger partial charge in [-0.15, -0.1) is 0 Å². The summed E-state index contributed by atoms with van der Waals surface area (Å²) in [4.78, 5) is 35.9. The molecule has 1 saturated carbocycles. The van der Waals surface area contributed by atoms with Crippen molar-refractivity contribution in [3.8, 4) is 28.5 Å². The number of benzene rings is 1. The van der Waals surface area contributed by atoms with Gasteiger partial charge in [0.15, 0.2) is 0 Å². The molecule has 1 aliphatic rings. The fourth-order valence-corrected chi connectivity index (χ4v) is 3.33. The molecule has 1 aromatic carbocycles. The Morgan fingerprint density at radius 1 is 1.25 bits per heavy atom. The van der Waals surface area contributed by atoms with Crippen LogP contribution in [0.25, 0.3) is 22.6 Å². The molecular weight excluding hydrogens is 428 g/mol. The molecule has 0 spiro atoms. The van der Waals surface area contributed by atoms with Crippen molar-refractivity contribution in [2.75, 3.05) is 6.61 Å². The van der Waals surface area contributed by atoms with Crippen LogP contribution in [0, 0.1) is 11.8 Å². The summed E-state index contributed by atoms with van der Waals surface area (Å²) in [6.07, 6.45) is 4.03. The highest BCUT2D eigenvalue weighted by Gasteiger charge is 2.22. The molecular formula is C24H25ClN4O3. The monoisotopic (exact) mass is 452 g/mol. The van der Waals surface area contributed by atoms with Gasteiger partial charge in [0.05, 0.1) is 17.3 Å². The van der Waals surface area contributed by atoms with E-state index < -0.39 is 0 Å². The van der Waals surface area contributed by atoms with Gasteiger partial charge in [-0.3, -0.25) is 9.59 Å². The van der Waals surface area contributed by atoms with E-state index in [0.29, 0.717) is 47.1 Å². The molecule has 0 radical (unpaired) electrons. The second-order valence-corrected chi connectivity index (χ2v) is 8.71. The number of rotatable bonds is 8. The van der Waals surface area contributed by atoms with Gasteiger partial charge in [0.2, 0.25) is 11.8 Å². The number of hydrogen-bond acceptors (Lipinski definition) is 5. The molecule has 8 heteroatoms. The number of pyridine rings is 1. The lowest BCUT2D eigenvalue weighted by Crippen LogP contribution is -2.27. The standard InChI is InChI=1S/C24H25ClN4O3/c1-14(2)24(31)27-12-16-5-6-19(25)18(9-16)23-28-20(11-21(30)29-23)17-7-8-26-22(10-17)32-13-15-3-4-15/h5-11,14-15H,3-4,12-13H2,1-2H3,(H,27,31)(H,28,29,30). The molecule has 1 fully saturated rings. The zero-order valence-electron chi connectivity index (χ0n) is 18.0. The molecule has 32 heavy (non-hydrogen) atoms. The summed E-state index contributed by atoms with van der Waals surface area (Å²) in [5.41, 5.74) is 2.37. The number of ether oxygens (including phenoxy) is 1. The smallest absolute Gasteiger partial charge is 0.251 e. The molecule has 2 N–H and O–H groups in total. The molecule has 0 aliphatic heterocycles. The Labute approximate surface area is 191 Å². The highest BCUT2D eigenvalue weighted by molar-refractivity contribution is 6.33. The van der Waals surface area contributed by atoms with Gasteiger partial charge >= 0.3 is 0 Å². The third kappa shape index (κ3) is 5.53. The van der Waals surface area contributed by atoms with E-state index in [0.717, 1.165) is 11.1 Å². The maximum atomic E-state index is 12.4. The highest BCUT2D eigenvalue weighted by atomic mass is 35.5. The number of halogens is 1. The number of carbonyl (C=O) groups is 1. The summed E-state index contributed by atoms with van der Waals surface area (Å²) in [5, 5.41) is 3.33. The molecule has 1 amide bonds. The topological polar surface area (TPSA) is 97.0 Å². The van der Waals surface area contributed by atoms with Gasteiger partial charge in [-0.05, 0) is 42.5 Å². The molecule has 0 unspecified atom stereocenters.